The molecule has 2 aromatic rings. The Morgan fingerprint density at radius 2 is 2.00 bits per heavy atom. The zero-order valence-electron chi connectivity index (χ0n) is 7.47. The van der Waals surface area contributed by atoms with Crippen molar-refractivity contribution in [2.75, 3.05) is 0 Å². The Balaban J connectivity index is 2.54. The Bertz CT molecular complexity index is 482. The molecular weight excluding hydrogens is 311 g/mol. The maximum absolute atomic E-state index is 13.3. The predicted molar refractivity (Wildman–Crippen MR) is 61.1 cm³/mol. The molecule has 75 valence electrons. The van der Waals surface area contributed by atoms with Gasteiger partial charge in [0, 0.05) is 15.3 Å². The van der Waals surface area contributed by atoms with Gasteiger partial charge in [-0.1, -0.05) is 6.07 Å². The first kappa shape index (κ1) is 10.5. The Labute approximate surface area is 99.3 Å². The topological polar surface area (TPSA) is 12.9 Å². The molecule has 0 aliphatic rings. The Morgan fingerprint density at radius 1 is 1.20 bits per heavy atom. The molecule has 2 rings (SSSR count). The van der Waals surface area contributed by atoms with Crippen molar-refractivity contribution in [2.24, 2.45) is 0 Å². The summed E-state index contributed by atoms with van der Waals surface area (Å²) in [5, 5.41) is 0. The minimum absolute atomic E-state index is 0.0163. The van der Waals surface area contributed by atoms with E-state index in [0.717, 1.165) is 9.64 Å². The summed E-state index contributed by atoms with van der Waals surface area (Å²) in [6.07, 6.45) is 1.24. The van der Waals surface area contributed by atoms with E-state index in [-0.39, 0.29) is 5.69 Å². The average Bonchev–Trinajstić information content (AvgIpc) is 2.24. The molecule has 0 aliphatic heterocycles. The van der Waals surface area contributed by atoms with Crippen molar-refractivity contribution in [3.8, 4) is 11.3 Å². The minimum Gasteiger partial charge on any atom is -0.253 e. The summed E-state index contributed by atoms with van der Waals surface area (Å²) in [7, 11) is 0. The van der Waals surface area contributed by atoms with Crippen LogP contribution in [0.5, 0.6) is 0 Å². The molecule has 0 spiro atoms. The summed E-state index contributed by atoms with van der Waals surface area (Å²) in [6, 6.07) is 8.94. The van der Waals surface area contributed by atoms with E-state index in [0.29, 0.717) is 5.56 Å². The molecule has 0 amide bonds. The number of benzene rings is 1. The summed E-state index contributed by atoms with van der Waals surface area (Å²) in [5.41, 5.74) is 0.537. The number of aromatic nitrogens is 1. The molecule has 15 heavy (non-hydrogen) atoms. The van der Waals surface area contributed by atoms with Crippen LogP contribution in [0, 0.1) is 21.3 Å². The van der Waals surface area contributed by atoms with E-state index in [9.17, 15) is 8.78 Å². The lowest BCUT2D eigenvalue weighted by Crippen LogP contribution is -1.92. The van der Waals surface area contributed by atoms with Crippen LogP contribution >= 0.6 is 22.6 Å². The van der Waals surface area contributed by atoms with Crippen LogP contribution in [0.2, 0.25) is 0 Å². The largest absolute Gasteiger partial charge is 0.253 e. The first-order valence-corrected chi connectivity index (χ1v) is 5.24. The van der Waals surface area contributed by atoms with E-state index in [2.05, 4.69) is 33.6 Å². The standard InChI is InChI=1S/C11H5F2IN/c12-9-5-6-15-11(10(9)13)7-1-3-8(14)4-2-7/h1-3,5-6H. The van der Waals surface area contributed by atoms with Gasteiger partial charge in [-0.05, 0) is 46.9 Å². The predicted octanol–water partition coefficient (Wildman–Crippen LogP) is 3.43. The van der Waals surface area contributed by atoms with E-state index < -0.39 is 11.6 Å². The van der Waals surface area contributed by atoms with E-state index in [1.54, 1.807) is 18.2 Å². The fraction of sp³-hybridized carbons (Fsp3) is 0. The van der Waals surface area contributed by atoms with Gasteiger partial charge in [0.1, 0.15) is 5.69 Å². The SMILES string of the molecule is Fc1ccnc(-c2c[c]c(I)cc2)c1F. The van der Waals surface area contributed by atoms with Crippen LogP contribution in [-0.4, -0.2) is 4.98 Å². The van der Waals surface area contributed by atoms with Gasteiger partial charge in [0.05, 0.1) is 0 Å². The lowest BCUT2D eigenvalue weighted by atomic mass is 10.1. The second-order valence-corrected chi connectivity index (χ2v) is 4.04. The van der Waals surface area contributed by atoms with Gasteiger partial charge in [-0.3, -0.25) is 4.98 Å². The summed E-state index contributed by atoms with van der Waals surface area (Å²) in [4.78, 5) is 3.80. The minimum atomic E-state index is -0.924. The first-order chi connectivity index (χ1) is 7.18. The van der Waals surface area contributed by atoms with Crippen molar-refractivity contribution in [1.82, 2.24) is 4.98 Å². The molecule has 1 aromatic carbocycles. The lowest BCUT2D eigenvalue weighted by Gasteiger charge is -2.02. The Hall–Kier alpha value is -1.04. The van der Waals surface area contributed by atoms with E-state index >= 15 is 0 Å². The zero-order chi connectivity index (χ0) is 10.8. The number of hydrogen-bond acceptors (Lipinski definition) is 1. The van der Waals surface area contributed by atoms with Gasteiger partial charge in [0.25, 0.3) is 0 Å². The zero-order valence-corrected chi connectivity index (χ0v) is 9.63. The second kappa shape index (κ2) is 4.22. The maximum atomic E-state index is 13.3. The molecule has 0 unspecified atom stereocenters. The molecule has 1 nitrogen and oxygen atoms in total. The van der Waals surface area contributed by atoms with Crippen LogP contribution in [0.25, 0.3) is 11.3 Å². The summed E-state index contributed by atoms with van der Waals surface area (Å²) in [5.74, 6) is -1.81. The second-order valence-electron chi connectivity index (χ2n) is 2.88. The van der Waals surface area contributed by atoms with Crippen molar-refractivity contribution in [2.45, 2.75) is 0 Å². The third-order valence-corrected chi connectivity index (χ3v) is 2.56. The van der Waals surface area contributed by atoms with Crippen LogP contribution in [0.4, 0.5) is 8.78 Å². The van der Waals surface area contributed by atoms with E-state index in [4.69, 9.17) is 0 Å². The Kier molecular flexibility index (Phi) is 2.95. The van der Waals surface area contributed by atoms with Crippen LogP contribution < -0.4 is 0 Å². The van der Waals surface area contributed by atoms with Crippen LogP contribution in [0.15, 0.2) is 30.5 Å². The lowest BCUT2D eigenvalue weighted by molar-refractivity contribution is 0.507. The smallest absolute Gasteiger partial charge is 0.185 e. The number of halogens is 3. The molecule has 0 bridgehead atoms. The average molecular weight is 316 g/mol. The van der Waals surface area contributed by atoms with E-state index in [1.807, 2.05) is 0 Å². The third-order valence-electron chi connectivity index (χ3n) is 1.89. The maximum Gasteiger partial charge on any atom is 0.185 e. The van der Waals surface area contributed by atoms with E-state index in [1.165, 1.54) is 6.20 Å². The molecule has 0 saturated carbocycles. The molecule has 0 aliphatic carbocycles. The summed E-state index contributed by atoms with van der Waals surface area (Å²) < 4.78 is 27.2. The molecule has 0 atom stereocenters. The highest BCUT2D eigenvalue weighted by Gasteiger charge is 2.10. The highest BCUT2D eigenvalue weighted by Crippen LogP contribution is 2.22. The van der Waals surface area contributed by atoms with Gasteiger partial charge < -0.3 is 0 Å². The highest BCUT2D eigenvalue weighted by atomic mass is 127. The van der Waals surface area contributed by atoms with Crippen LogP contribution in [0.1, 0.15) is 0 Å². The van der Waals surface area contributed by atoms with Gasteiger partial charge in [-0.25, -0.2) is 8.78 Å². The van der Waals surface area contributed by atoms with Crippen molar-refractivity contribution in [1.29, 1.82) is 0 Å². The number of rotatable bonds is 1. The fourth-order valence-corrected chi connectivity index (χ4v) is 1.51. The molecule has 0 saturated heterocycles. The van der Waals surface area contributed by atoms with Crippen molar-refractivity contribution < 1.29 is 8.78 Å². The van der Waals surface area contributed by atoms with Gasteiger partial charge in [0.2, 0.25) is 0 Å². The molecule has 1 radical (unpaired) electrons. The van der Waals surface area contributed by atoms with Gasteiger partial charge >= 0.3 is 0 Å². The molecule has 1 aromatic heterocycles. The first-order valence-electron chi connectivity index (χ1n) is 4.16. The number of pyridine rings is 1. The molecule has 0 fully saturated rings. The monoisotopic (exact) mass is 316 g/mol. The van der Waals surface area contributed by atoms with Gasteiger partial charge in [-0.2, -0.15) is 0 Å². The molecule has 4 heteroatoms. The summed E-state index contributed by atoms with van der Waals surface area (Å²) >= 11 is 2.09. The highest BCUT2D eigenvalue weighted by molar-refractivity contribution is 14.1. The third kappa shape index (κ3) is 2.14. The number of nitrogens with zero attached hydrogens (tertiary/aromatic N) is 1. The van der Waals surface area contributed by atoms with Crippen LogP contribution in [-0.2, 0) is 0 Å². The normalized spacial score (nSPS) is 10.3. The fourth-order valence-electron chi connectivity index (χ4n) is 1.17. The molecule has 0 N–H and O–H groups in total. The van der Waals surface area contributed by atoms with Crippen molar-refractivity contribution >= 4 is 22.6 Å². The van der Waals surface area contributed by atoms with Gasteiger partial charge in [-0.15, -0.1) is 0 Å². The van der Waals surface area contributed by atoms with Crippen LogP contribution in [0.3, 0.4) is 0 Å². The van der Waals surface area contributed by atoms with Crippen molar-refractivity contribution in [3.63, 3.8) is 0 Å². The van der Waals surface area contributed by atoms with Gasteiger partial charge in [0.15, 0.2) is 11.6 Å². The summed E-state index contributed by atoms with van der Waals surface area (Å²) in [6.45, 7) is 0. The Morgan fingerprint density at radius 3 is 2.67 bits per heavy atom. The van der Waals surface area contributed by atoms with Crippen molar-refractivity contribution in [3.05, 3.63) is 51.7 Å². The number of hydrogen-bond donors (Lipinski definition) is 0. The molecule has 1 heterocycles. The quantitative estimate of drug-likeness (QED) is 0.735. The molecular formula is C11H5F2IN.